The van der Waals surface area contributed by atoms with E-state index in [2.05, 4.69) is 14.9 Å². The summed E-state index contributed by atoms with van der Waals surface area (Å²) in [4.78, 5) is 24.3. The number of hydrogen-bond acceptors (Lipinski definition) is 3. The maximum absolute atomic E-state index is 12.7. The Morgan fingerprint density at radius 1 is 1.08 bits per heavy atom. The summed E-state index contributed by atoms with van der Waals surface area (Å²) in [5, 5.41) is 0.733. The van der Waals surface area contributed by atoms with Crippen molar-refractivity contribution in [1.82, 2.24) is 14.9 Å². The number of piperazine rings is 1. The van der Waals surface area contributed by atoms with Gasteiger partial charge in [-0.25, -0.2) is 0 Å². The first-order valence-electron chi connectivity index (χ1n) is 7.94. The standard InChI is InChI=1S/C18H17ClN4O/c19-13-3-1-4-14(11-13)22-7-9-23(10-8-22)18(24)17-12-16-15(21-17)5-2-6-20-16/h1-6,11-12,21H,7-10H2. The fourth-order valence-electron chi connectivity index (χ4n) is 3.08. The number of pyridine rings is 1. The molecule has 0 unspecified atom stereocenters. The number of hydrogen-bond donors (Lipinski definition) is 1. The number of H-pyrrole nitrogens is 1. The van der Waals surface area contributed by atoms with Crippen molar-refractivity contribution in [3.8, 4) is 0 Å². The average molecular weight is 341 g/mol. The topological polar surface area (TPSA) is 52.2 Å². The number of halogens is 1. The molecule has 2 aromatic heterocycles. The first kappa shape index (κ1) is 15.0. The van der Waals surface area contributed by atoms with Crippen molar-refractivity contribution in [1.29, 1.82) is 0 Å². The minimum Gasteiger partial charge on any atom is -0.368 e. The maximum atomic E-state index is 12.7. The third kappa shape index (κ3) is 2.83. The maximum Gasteiger partial charge on any atom is 0.270 e. The number of carbonyl (C=O) groups excluding carboxylic acids is 1. The molecule has 0 saturated carbocycles. The number of aromatic nitrogens is 2. The van der Waals surface area contributed by atoms with Crippen LogP contribution in [0.2, 0.25) is 5.02 Å². The van der Waals surface area contributed by atoms with Crippen molar-refractivity contribution in [2.24, 2.45) is 0 Å². The Bertz CT molecular complexity index is 850. The monoisotopic (exact) mass is 340 g/mol. The summed E-state index contributed by atoms with van der Waals surface area (Å²) >= 11 is 6.06. The third-order valence-electron chi connectivity index (χ3n) is 4.36. The molecular formula is C18H17ClN4O. The van der Waals surface area contributed by atoms with E-state index in [1.807, 2.05) is 47.4 Å². The molecule has 5 nitrogen and oxygen atoms in total. The highest BCUT2D eigenvalue weighted by Crippen LogP contribution is 2.21. The zero-order chi connectivity index (χ0) is 16.5. The van der Waals surface area contributed by atoms with E-state index < -0.39 is 0 Å². The normalized spacial score (nSPS) is 15.0. The average Bonchev–Trinajstić information content (AvgIpc) is 3.05. The van der Waals surface area contributed by atoms with Crippen molar-refractivity contribution < 1.29 is 4.79 Å². The molecule has 3 heterocycles. The number of nitrogens with one attached hydrogen (secondary N) is 1. The minimum absolute atomic E-state index is 0.0266. The lowest BCUT2D eigenvalue weighted by atomic mass is 10.2. The van der Waals surface area contributed by atoms with Gasteiger partial charge in [0.25, 0.3) is 5.91 Å². The second-order valence-electron chi connectivity index (χ2n) is 5.88. The van der Waals surface area contributed by atoms with Crippen LogP contribution in [-0.4, -0.2) is 47.0 Å². The van der Waals surface area contributed by atoms with Gasteiger partial charge in [-0.3, -0.25) is 9.78 Å². The van der Waals surface area contributed by atoms with E-state index >= 15 is 0 Å². The van der Waals surface area contributed by atoms with Crippen molar-refractivity contribution in [3.63, 3.8) is 0 Å². The fraction of sp³-hybridized carbons (Fsp3) is 0.222. The van der Waals surface area contributed by atoms with Crippen LogP contribution in [0, 0.1) is 0 Å². The van der Waals surface area contributed by atoms with E-state index in [4.69, 9.17) is 11.6 Å². The summed E-state index contributed by atoms with van der Waals surface area (Å²) in [5.41, 5.74) is 3.40. The van der Waals surface area contributed by atoms with Crippen LogP contribution in [0.25, 0.3) is 11.0 Å². The first-order chi connectivity index (χ1) is 11.7. The van der Waals surface area contributed by atoms with Crippen LogP contribution in [0.15, 0.2) is 48.7 Å². The molecular weight excluding hydrogens is 324 g/mol. The molecule has 1 fully saturated rings. The van der Waals surface area contributed by atoms with Crippen molar-refractivity contribution in [2.45, 2.75) is 0 Å². The molecule has 6 heteroatoms. The van der Waals surface area contributed by atoms with Gasteiger partial charge in [-0.05, 0) is 36.4 Å². The van der Waals surface area contributed by atoms with Crippen LogP contribution >= 0.6 is 11.6 Å². The molecule has 3 aromatic rings. The molecule has 1 saturated heterocycles. The summed E-state index contributed by atoms with van der Waals surface area (Å²) in [6.07, 6.45) is 1.73. The van der Waals surface area contributed by atoms with Gasteiger partial charge in [0.05, 0.1) is 11.0 Å². The van der Waals surface area contributed by atoms with Gasteiger partial charge in [0.1, 0.15) is 5.69 Å². The van der Waals surface area contributed by atoms with Gasteiger partial charge in [0.15, 0.2) is 0 Å². The molecule has 122 valence electrons. The van der Waals surface area contributed by atoms with Crippen LogP contribution < -0.4 is 4.90 Å². The second-order valence-corrected chi connectivity index (χ2v) is 6.31. The van der Waals surface area contributed by atoms with E-state index in [0.29, 0.717) is 18.8 Å². The molecule has 0 aliphatic carbocycles. The molecule has 0 bridgehead atoms. The molecule has 1 amide bonds. The van der Waals surface area contributed by atoms with Gasteiger partial charge in [-0.2, -0.15) is 0 Å². The summed E-state index contributed by atoms with van der Waals surface area (Å²) < 4.78 is 0. The van der Waals surface area contributed by atoms with Crippen molar-refractivity contribution in [3.05, 3.63) is 59.4 Å². The summed E-state index contributed by atoms with van der Waals surface area (Å²) in [7, 11) is 0. The Balaban J connectivity index is 1.46. The molecule has 1 N–H and O–H groups in total. The number of rotatable bonds is 2. The van der Waals surface area contributed by atoms with E-state index in [9.17, 15) is 4.79 Å². The molecule has 1 aliphatic heterocycles. The summed E-state index contributed by atoms with van der Waals surface area (Å²) in [6.45, 7) is 2.97. The fourth-order valence-corrected chi connectivity index (χ4v) is 3.27. The van der Waals surface area contributed by atoms with E-state index in [1.54, 1.807) is 6.20 Å². The second kappa shape index (κ2) is 6.17. The van der Waals surface area contributed by atoms with Crippen LogP contribution in [0.5, 0.6) is 0 Å². The first-order valence-corrected chi connectivity index (χ1v) is 8.32. The van der Waals surface area contributed by atoms with Crippen LogP contribution in [0.1, 0.15) is 10.5 Å². The highest BCUT2D eigenvalue weighted by Gasteiger charge is 2.23. The van der Waals surface area contributed by atoms with Gasteiger partial charge in [0.2, 0.25) is 0 Å². The summed E-state index contributed by atoms with van der Waals surface area (Å²) in [5.74, 6) is 0.0266. The molecule has 0 atom stereocenters. The SMILES string of the molecule is O=C(c1cc2ncccc2[nH]1)N1CCN(c2cccc(Cl)c2)CC1. The number of benzene rings is 1. The summed E-state index contributed by atoms with van der Waals surface area (Å²) in [6, 6.07) is 13.4. The predicted octanol–water partition coefficient (Wildman–Crippen LogP) is 3.18. The van der Waals surface area contributed by atoms with E-state index in [0.717, 1.165) is 34.8 Å². The number of fused-ring (bicyclic) bond motifs is 1. The van der Waals surface area contributed by atoms with E-state index in [1.165, 1.54) is 0 Å². The van der Waals surface area contributed by atoms with Gasteiger partial charge in [-0.1, -0.05) is 17.7 Å². The zero-order valence-corrected chi connectivity index (χ0v) is 13.8. The molecule has 1 aromatic carbocycles. The van der Waals surface area contributed by atoms with Crippen molar-refractivity contribution in [2.75, 3.05) is 31.1 Å². The smallest absolute Gasteiger partial charge is 0.270 e. The van der Waals surface area contributed by atoms with Gasteiger partial charge in [-0.15, -0.1) is 0 Å². The Hall–Kier alpha value is -2.53. The Morgan fingerprint density at radius 2 is 1.92 bits per heavy atom. The Morgan fingerprint density at radius 3 is 2.67 bits per heavy atom. The van der Waals surface area contributed by atoms with Crippen LogP contribution in [0.4, 0.5) is 5.69 Å². The molecule has 24 heavy (non-hydrogen) atoms. The number of anilines is 1. The number of amides is 1. The van der Waals surface area contributed by atoms with Crippen molar-refractivity contribution >= 4 is 34.2 Å². The van der Waals surface area contributed by atoms with Crippen LogP contribution in [0.3, 0.4) is 0 Å². The third-order valence-corrected chi connectivity index (χ3v) is 4.59. The molecule has 1 aliphatic rings. The highest BCUT2D eigenvalue weighted by molar-refractivity contribution is 6.30. The van der Waals surface area contributed by atoms with Gasteiger partial charge >= 0.3 is 0 Å². The molecule has 0 radical (unpaired) electrons. The lowest BCUT2D eigenvalue weighted by Crippen LogP contribution is -2.48. The molecule has 0 spiro atoms. The van der Waals surface area contributed by atoms with E-state index in [-0.39, 0.29) is 5.91 Å². The largest absolute Gasteiger partial charge is 0.368 e. The number of carbonyl (C=O) groups is 1. The zero-order valence-electron chi connectivity index (χ0n) is 13.1. The van der Waals surface area contributed by atoms with Gasteiger partial charge in [0, 0.05) is 43.1 Å². The minimum atomic E-state index is 0.0266. The Kier molecular flexibility index (Phi) is 3.86. The number of nitrogens with zero attached hydrogens (tertiary/aromatic N) is 3. The van der Waals surface area contributed by atoms with Crippen LogP contribution in [-0.2, 0) is 0 Å². The predicted molar refractivity (Wildman–Crippen MR) is 95.7 cm³/mol. The highest BCUT2D eigenvalue weighted by atomic mass is 35.5. The lowest BCUT2D eigenvalue weighted by molar-refractivity contribution is 0.0742. The Labute approximate surface area is 144 Å². The van der Waals surface area contributed by atoms with Gasteiger partial charge < -0.3 is 14.8 Å². The lowest BCUT2D eigenvalue weighted by Gasteiger charge is -2.36. The quantitative estimate of drug-likeness (QED) is 0.779. The molecule has 4 rings (SSSR count). The number of aromatic amines is 1.